The van der Waals surface area contributed by atoms with Gasteiger partial charge < -0.3 is 20.1 Å². The van der Waals surface area contributed by atoms with Gasteiger partial charge in [-0.1, -0.05) is 25.0 Å². The third-order valence-electron chi connectivity index (χ3n) is 5.22. The van der Waals surface area contributed by atoms with Crippen molar-refractivity contribution in [2.45, 2.75) is 57.1 Å². The van der Waals surface area contributed by atoms with Gasteiger partial charge in [0.05, 0.1) is 18.8 Å². The van der Waals surface area contributed by atoms with Gasteiger partial charge in [-0.2, -0.15) is 0 Å². The number of nitrogens with one attached hydrogen (secondary N) is 1. The number of ether oxygens (including phenoxy) is 1. The van der Waals surface area contributed by atoms with Crippen LogP contribution in [0.25, 0.3) is 0 Å². The lowest BCUT2D eigenvalue weighted by Crippen LogP contribution is -2.55. The average Bonchev–Trinajstić information content (AvgIpc) is 3.02. The molecule has 1 aromatic rings. The van der Waals surface area contributed by atoms with E-state index in [1.165, 1.54) is 18.4 Å². The van der Waals surface area contributed by atoms with Crippen LogP contribution in [0.5, 0.6) is 5.75 Å². The fourth-order valence-corrected chi connectivity index (χ4v) is 3.76. The number of aromatic hydroxyl groups is 1. The van der Waals surface area contributed by atoms with E-state index >= 15 is 0 Å². The number of urea groups is 1. The lowest BCUT2D eigenvalue weighted by molar-refractivity contribution is -0.0927. The predicted molar refractivity (Wildman–Crippen MR) is 93.1 cm³/mol. The number of amides is 2. The van der Waals surface area contributed by atoms with Crippen LogP contribution in [-0.2, 0) is 11.2 Å². The molecule has 1 atom stereocenters. The van der Waals surface area contributed by atoms with Crippen molar-refractivity contribution < 1.29 is 14.6 Å². The second-order valence-corrected chi connectivity index (χ2v) is 7.22. The van der Waals surface area contributed by atoms with Gasteiger partial charge in [0.15, 0.2) is 0 Å². The van der Waals surface area contributed by atoms with E-state index < -0.39 is 0 Å². The van der Waals surface area contributed by atoms with Crippen LogP contribution in [0.1, 0.15) is 44.6 Å². The Morgan fingerprint density at radius 3 is 2.75 bits per heavy atom. The maximum atomic E-state index is 12.5. The van der Waals surface area contributed by atoms with E-state index in [9.17, 15) is 9.90 Å². The summed E-state index contributed by atoms with van der Waals surface area (Å²) in [6.07, 6.45) is 6.33. The van der Waals surface area contributed by atoms with E-state index in [4.69, 9.17) is 4.74 Å². The third kappa shape index (κ3) is 4.20. The normalized spacial score (nSPS) is 21.0. The minimum atomic E-state index is -0.0785. The Labute approximate surface area is 144 Å². The Bertz CT molecular complexity index is 552. The van der Waals surface area contributed by atoms with Crippen LogP contribution >= 0.6 is 0 Å². The summed E-state index contributed by atoms with van der Waals surface area (Å²) in [5, 5.41) is 12.4. The first-order valence-corrected chi connectivity index (χ1v) is 9.04. The molecule has 2 N–H and O–H groups in total. The first kappa shape index (κ1) is 17.1. The molecule has 1 aliphatic carbocycles. The van der Waals surface area contributed by atoms with E-state index in [0.717, 1.165) is 32.2 Å². The maximum absolute atomic E-state index is 12.5. The van der Waals surface area contributed by atoms with Crippen molar-refractivity contribution in [2.24, 2.45) is 0 Å². The Hall–Kier alpha value is -1.75. The molecule has 3 rings (SSSR count). The van der Waals surface area contributed by atoms with Crippen molar-refractivity contribution in [2.75, 3.05) is 19.7 Å². The smallest absolute Gasteiger partial charge is 0.317 e. The molecule has 1 aliphatic heterocycles. The molecule has 0 aromatic heterocycles. The highest BCUT2D eigenvalue weighted by Crippen LogP contribution is 2.35. The van der Waals surface area contributed by atoms with Gasteiger partial charge in [0.2, 0.25) is 0 Å². The summed E-state index contributed by atoms with van der Waals surface area (Å²) in [6, 6.07) is 7.41. The van der Waals surface area contributed by atoms with Crippen LogP contribution in [-0.4, -0.2) is 47.4 Å². The molecule has 1 saturated carbocycles. The topological polar surface area (TPSA) is 61.8 Å². The number of phenolic OH excluding ortho intramolecular Hbond substituents is 1. The van der Waals surface area contributed by atoms with E-state index in [1.54, 1.807) is 12.1 Å². The molecule has 2 fully saturated rings. The molecule has 24 heavy (non-hydrogen) atoms. The van der Waals surface area contributed by atoms with Crippen molar-refractivity contribution in [1.29, 1.82) is 0 Å². The zero-order valence-corrected chi connectivity index (χ0v) is 14.5. The van der Waals surface area contributed by atoms with E-state index in [0.29, 0.717) is 13.2 Å². The highest BCUT2D eigenvalue weighted by atomic mass is 16.5. The molecular weight excluding hydrogens is 304 g/mol. The molecule has 2 amide bonds. The zero-order valence-electron chi connectivity index (χ0n) is 14.5. The highest BCUT2D eigenvalue weighted by molar-refractivity contribution is 5.74. The number of aryl methyl sites for hydroxylation is 1. The standard InChI is InChI=1S/C19H28N2O3/c1-15(4-5-16-6-8-17(22)9-7-16)20-18(23)21-12-13-24-19(14-21)10-2-3-11-19/h6-9,15,22H,2-5,10-14H2,1H3,(H,20,23). The van der Waals surface area contributed by atoms with Gasteiger partial charge in [-0.25, -0.2) is 4.79 Å². The lowest BCUT2D eigenvalue weighted by atomic mass is 10.00. The van der Waals surface area contributed by atoms with Crippen LogP contribution in [0.3, 0.4) is 0 Å². The van der Waals surface area contributed by atoms with Gasteiger partial charge in [0, 0.05) is 12.6 Å². The zero-order chi connectivity index (χ0) is 17.0. The molecule has 0 radical (unpaired) electrons. The molecule has 0 bridgehead atoms. The second-order valence-electron chi connectivity index (χ2n) is 7.22. The number of nitrogens with zero attached hydrogens (tertiary/aromatic N) is 1. The van der Waals surface area contributed by atoms with Gasteiger partial charge in [-0.15, -0.1) is 0 Å². The quantitative estimate of drug-likeness (QED) is 0.891. The van der Waals surface area contributed by atoms with Crippen LogP contribution in [0.4, 0.5) is 4.79 Å². The molecule has 5 heteroatoms. The Morgan fingerprint density at radius 1 is 1.33 bits per heavy atom. The minimum Gasteiger partial charge on any atom is -0.508 e. The lowest BCUT2D eigenvalue weighted by Gasteiger charge is -2.40. The molecule has 1 heterocycles. The monoisotopic (exact) mass is 332 g/mol. The number of benzene rings is 1. The summed E-state index contributed by atoms with van der Waals surface area (Å²) in [5.74, 6) is 0.285. The van der Waals surface area contributed by atoms with Crippen LogP contribution in [0.2, 0.25) is 0 Å². The van der Waals surface area contributed by atoms with E-state index in [1.807, 2.05) is 24.0 Å². The number of phenols is 1. The molecular formula is C19H28N2O3. The molecule has 132 valence electrons. The van der Waals surface area contributed by atoms with Gasteiger partial charge in [-0.3, -0.25) is 0 Å². The summed E-state index contributed by atoms with van der Waals surface area (Å²) in [5.41, 5.74) is 1.09. The third-order valence-corrected chi connectivity index (χ3v) is 5.22. The van der Waals surface area contributed by atoms with Crippen molar-refractivity contribution in [3.63, 3.8) is 0 Å². The van der Waals surface area contributed by atoms with Crippen molar-refractivity contribution in [3.05, 3.63) is 29.8 Å². The highest BCUT2D eigenvalue weighted by Gasteiger charge is 2.40. The fourth-order valence-electron chi connectivity index (χ4n) is 3.76. The Kier molecular flexibility index (Phi) is 5.29. The van der Waals surface area contributed by atoms with Crippen LogP contribution in [0, 0.1) is 0 Å². The maximum Gasteiger partial charge on any atom is 0.317 e. The molecule has 1 spiro atoms. The van der Waals surface area contributed by atoms with Gasteiger partial charge in [0.25, 0.3) is 0 Å². The average molecular weight is 332 g/mol. The van der Waals surface area contributed by atoms with Crippen LogP contribution < -0.4 is 5.32 Å². The fraction of sp³-hybridized carbons (Fsp3) is 0.632. The van der Waals surface area contributed by atoms with Gasteiger partial charge in [0.1, 0.15) is 5.75 Å². The predicted octanol–water partition coefficient (Wildman–Crippen LogP) is 3.07. The number of carbonyl (C=O) groups excluding carboxylic acids is 1. The number of carbonyl (C=O) groups is 1. The summed E-state index contributed by atoms with van der Waals surface area (Å²) in [7, 11) is 0. The SMILES string of the molecule is CC(CCc1ccc(O)cc1)NC(=O)N1CCOC2(CCCC2)C1. The van der Waals surface area contributed by atoms with Gasteiger partial charge in [-0.05, 0) is 50.3 Å². The summed E-state index contributed by atoms with van der Waals surface area (Å²) < 4.78 is 5.98. The number of hydrogen-bond acceptors (Lipinski definition) is 3. The Morgan fingerprint density at radius 2 is 2.04 bits per heavy atom. The van der Waals surface area contributed by atoms with Crippen molar-refractivity contribution in [1.82, 2.24) is 10.2 Å². The summed E-state index contributed by atoms with van der Waals surface area (Å²) in [6.45, 7) is 4.10. The first-order chi connectivity index (χ1) is 11.6. The van der Waals surface area contributed by atoms with Gasteiger partial charge >= 0.3 is 6.03 Å². The van der Waals surface area contributed by atoms with E-state index in [2.05, 4.69) is 5.32 Å². The minimum absolute atomic E-state index is 0.0304. The molecule has 1 aromatic carbocycles. The largest absolute Gasteiger partial charge is 0.508 e. The summed E-state index contributed by atoms with van der Waals surface area (Å²) >= 11 is 0. The molecule has 2 aliphatic rings. The number of morpholine rings is 1. The van der Waals surface area contributed by atoms with Crippen molar-refractivity contribution >= 4 is 6.03 Å². The molecule has 1 unspecified atom stereocenters. The second kappa shape index (κ2) is 7.43. The van der Waals surface area contributed by atoms with Crippen LogP contribution in [0.15, 0.2) is 24.3 Å². The number of rotatable bonds is 4. The molecule has 1 saturated heterocycles. The molecule has 5 nitrogen and oxygen atoms in total. The summed E-state index contributed by atoms with van der Waals surface area (Å²) in [4.78, 5) is 14.5. The number of hydrogen-bond donors (Lipinski definition) is 2. The Balaban J connectivity index is 1.46. The van der Waals surface area contributed by atoms with E-state index in [-0.39, 0.29) is 23.4 Å². The first-order valence-electron chi connectivity index (χ1n) is 9.04. The van der Waals surface area contributed by atoms with Crippen molar-refractivity contribution in [3.8, 4) is 5.75 Å².